The van der Waals surface area contributed by atoms with Gasteiger partial charge in [-0.1, -0.05) is 30.3 Å². The highest BCUT2D eigenvalue weighted by Crippen LogP contribution is 2.28. The molecule has 1 heterocycles. The van der Waals surface area contributed by atoms with Crippen LogP contribution in [0.25, 0.3) is 0 Å². The summed E-state index contributed by atoms with van der Waals surface area (Å²) >= 11 is 1.29. The normalized spacial score (nSPS) is 15.1. The summed E-state index contributed by atoms with van der Waals surface area (Å²) in [6.45, 7) is 0.414. The van der Waals surface area contributed by atoms with Crippen molar-refractivity contribution in [3.05, 3.63) is 54.1 Å². The van der Waals surface area contributed by atoms with Crippen LogP contribution in [0.4, 0.5) is 10.5 Å². The van der Waals surface area contributed by atoms with Gasteiger partial charge in [0.05, 0.1) is 18.0 Å². The van der Waals surface area contributed by atoms with Crippen LogP contribution in [0.3, 0.4) is 0 Å². The van der Waals surface area contributed by atoms with Crippen molar-refractivity contribution in [1.29, 1.82) is 0 Å². The monoisotopic (exact) mass is 357 g/mol. The van der Waals surface area contributed by atoms with E-state index in [1.54, 1.807) is 6.07 Å². The van der Waals surface area contributed by atoms with Gasteiger partial charge in [0.25, 0.3) is 0 Å². The van der Waals surface area contributed by atoms with E-state index in [0.29, 0.717) is 12.2 Å². The molecule has 1 aliphatic heterocycles. The van der Waals surface area contributed by atoms with Gasteiger partial charge in [0, 0.05) is 11.3 Å². The van der Waals surface area contributed by atoms with Crippen molar-refractivity contribution in [3.63, 3.8) is 0 Å². The highest BCUT2D eigenvalue weighted by molar-refractivity contribution is 8.00. The second kappa shape index (κ2) is 7.94. The molecule has 25 heavy (non-hydrogen) atoms. The first-order valence-electron chi connectivity index (χ1n) is 7.91. The number of amides is 3. The molecular formula is C18H19N3O3S. The molecule has 7 heteroatoms. The number of nitrogens with two attached hydrogens (primary N) is 1. The van der Waals surface area contributed by atoms with Crippen LogP contribution >= 0.6 is 11.8 Å². The summed E-state index contributed by atoms with van der Waals surface area (Å²) in [6.07, 6.45) is 0.712. The van der Waals surface area contributed by atoms with E-state index in [4.69, 9.17) is 10.5 Å². The molecule has 4 N–H and O–H groups in total. The second-order valence-electron chi connectivity index (χ2n) is 5.64. The minimum absolute atomic E-state index is 0.0670. The smallest absolute Gasteiger partial charge is 0.319 e. The van der Waals surface area contributed by atoms with E-state index in [1.807, 2.05) is 42.5 Å². The number of primary amides is 1. The highest BCUT2D eigenvalue weighted by Gasteiger charge is 2.22. The summed E-state index contributed by atoms with van der Waals surface area (Å²) in [5.74, 6) is 0.638. The van der Waals surface area contributed by atoms with Crippen LogP contribution in [-0.2, 0) is 11.2 Å². The summed E-state index contributed by atoms with van der Waals surface area (Å²) in [6, 6.07) is 14.8. The van der Waals surface area contributed by atoms with E-state index in [1.165, 1.54) is 11.8 Å². The van der Waals surface area contributed by atoms with Gasteiger partial charge in [-0.2, -0.15) is 0 Å². The van der Waals surface area contributed by atoms with Gasteiger partial charge in [-0.05, 0) is 23.8 Å². The number of ether oxygens (including phenoxy) is 1. The molecular weight excluding hydrogens is 338 g/mol. The number of thioether (sulfide) groups is 1. The Bertz CT molecular complexity index is 757. The van der Waals surface area contributed by atoms with E-state index >= 15 is 0 Å². The molecule has 0 aromatic heterocycles. The summed E-state index contributed by atoms with van der Waals surface area (Å²) < 4.78 is 5.80. The quantitative estimate of drug-likeness (QED) is 0.692. The van der Waals surface area contributed by atoms with Gasteiger partial charge in [0.15, 0.2) is 0 Å². The molecule has 130 valence electrons. The van der Waals surface area contributed by atoms with Gasteiger partial charge in [0.2, 0.25) is 5.91 Å². The minimum Gasteiger partial charge on any atom is -0.488 e. The lowest BCUT2D eigenvalue weighted by Gasteiger charge is -2.14. The van der Waals surface area contributed by atoms with Gasteiger partial charge >= 0.3 is 6.03 Å². The van der Waals surface area contributed by atoms with Crippen molar-refractivity contribution in [2.24, 2.45) is 5.73 Å². The third-order valence-corrected chi connectivity index (χ3v) is 4.81. The Kier molecular flexibility index (Phi) is 5.45. The van der Waals surface area contributed by atoms with Gasteiger partial charge in [-0.25, -0.2) is 4.79 Å². The highest BCUT2D eigenvalue weighted by atomic mass is 32.2. The summed E-state index contributed by atoms with van der Waals surface area (Å²) in [5, 5.41) is 5.62. The van der Waals surface area contributed by atoms with Crippen LogP contribution < -0.4 is 21.1 Å². The molecule has 1 aliphatic rings. The lowest BCUT2D eigenvalue weighted by atomic mass is 10.1. The third-order valence-electron chi connectivity index (χ3n) is 3.71. The molecule has 3 amide bonds. The molecule has 0 aliphatic carbocycles. The van der Waals surface area contributed by atoms with Crippen LogP contribution in [0.15, 0.2) is 53.4 Å². The first-order chi connectivity index (χ1) is 12.1. The Morgan fingerprint density at radius 3 is 2.72 bits per heavy atom. The maximum atomic E-state index is 12.2. The topological polar surface area (TPSA) is 93.5 Å². The Morgan fingerprint density at radius 1 is 1.16 bits per heavy atom. The molecule has 2 aromatic rings. The second-order valence-corrected chi connectivity index (χ2v) is 6.66. The maximum absolute atomic E-state index is 12.2. The van der Waals surface area contributed by atoms with E-state index in [2.05, 4.69) is 10.6 Å². The van der Waals surface area contributed by atoms with Gasteiger partial charge in [-0.15, -0.1) is 11.8 Å². The van der Waals surface area contributed by atoms with E-state index < -0.39 is 5.91 Å². The van der Waals surface area contributed by atoms with E-state index in [9.17, 15) is 9.59 Å². The molecule has 3 rings (SSSR count). The Balaban J connectivity index is 1.51. The number of urea groups is 1. The van der Waals surface area contributed by atoms with Crippen LogP contribution in [0.1, 0.15) is 5.56 Å². The fourth-order valence-electron chi connectivity index (χ4n) is 2.59. The fourth-order valence-corrected chi connectivity index (χ4v) is 3.33. The van der Waals surface area contributed by atoms with Crippen molar-refractivity contribution < 1.29 is 14.3 Å². The average Bonchev–Trinajstić information content (AvgIpc) is 3.02. The Hall–Kier alpha value is -2.67. The standard InChI is InChI=1S/C18H19N3O3S/c19-17(22)11-25-16-8-4-2-6-14(16)21-18(23)20-10-13-9-12-5-1-3-7-15(12)24-13/h1-8,13H,9-11H2,(H2,19,22)(H2,20,21,23). The largest absolute Gasteiger partial charge is 0.488 e. The van der Waals surface area contributed by atoms with Crippen LogP contribution in [0.2, 0.25) is 0 Å². The van der Waals surface area contributed by atoms with E-state index in [-0.39, 0.29) is 17.9 Å². The van der Waals surface area contributed by atoms with Crippen molar-refractivity contribution in [2.45, 2.75) is 17.4 Å². The first kappa shape index (κ1) is 17.2. The minimum atomic E-state index is -0.401. The zero-order valence-corrected chi connectivity index (χ0v) is 14.3. The average molecular weight is 357 g/mol. The lowest BCUT2D eigenvalue weighted by molar-refractivity contribution is -0.115. The summed E-state index contributed by atoms with van der Waals surface area (Å²) in [5.41, 5.74) is 6.97. The van der Waals surface area contributed by atoms with Crippen LogP contribution in [-0.4, -0.2) is 30.3 Å². The molecule has 0 saturated carbocycles. The molecule has 1 unspecified atom stereocenters. The molecule has 0 spiro atoms. The molecule has 0 fully saturated rings. The number of nitrogens with one attached hydrogen (secondary N) is 2. The zero-order valence-electron chi connectivity index (χ0n) is 13.5. The van der Waals surface area contributed by atoms with E-state index in [0.717, 1.165) is 22.6 Å². The number of hydrogen-bond donors (Lipinski definition) is 3. The van der Waals surface area contributed by atoms with Gasteiger partial charge in [0.1, 0.15) is 11.9 Å². The summed E-state index contributed by atoms with van der Waals surface area (Å²) in [4.78, 5) is 23.9. The number of fused-ring (bicyclic) bond motifs is 1. The number of carbonyl (C=O) groups is 2. The Labute approximate surface area is 150 Å². The zero-order chi connectivity index (χ0) is 17.6. The fraction of sp³-hybridized carbons (Fsp3) is 0.222. The predicted octanol–water partition coefficient (Wildman–Crippen LogP) is 2.39. The van der Waals surface area contributed by atoms with Crippen molar-refractivity contribution in [2.75, 3.05) is 17.6 Å². The van der Waals surface area contributed by atoms with Crippen molar-refractivity contribution in [1.82, 2.24) is 5.32 Å². The number of anilines is 1. The molecule has 6 nitrogen and oxygen atoms in total. The molecule has 0 radical (unpaired) electrons. The number of para-hydroxylation sites is 2. The predicted molar refractivity (Wildman–Crippen MR) is 97.9 cm³/mol. The van der Waals surface area contributed by atoms with Gasteiger partial charge in [-0.3, -0.25) is 4.79 Å². The summed E-state index contributed by atoms with van der Waals surface area (Å²) in [7, 11) is 0. The van der Waals surface area contributed by atoms with Crippen molar-refractivity contribution in [3.8, 4) is 5.75 Å². The SMILES string of the molecule is NC(=O)CSc1ccccc1NC(=O)NCC1Cc2ccccc2O1. The van der Waals surface area contributed by atoms with Gasteiger partial charge < -0.3 is 21.1 Å². The number of hydrogen-bond acceptors (Lipinski definition) is 4. The lowest BCUT2D eigenvalue weighted by Crippen LogP contribution is -2.37. The van der Waals surface area contributed by atoms with Crippen LogP contribution in [0.5, 0.6) is 5.75 Å². The van der Waals surface area contributed by atoms with Crippen LogP contribution in [0, 0.1) is 0 Å². The number of rotatable bonds is 6. The third kappa shape index (κ3) is 4.67. The molecule has 2 aromatic carbocycles. The molecule has 1 atom stereocenters. The first-order valence-corrected chi connectivity index (χ1v) is 8.90. The molecule has 0 bridgehead atoms. The maximum Gasteiger partial charge on any atom is 0.319 e. The number of carbonyl (C=O) groups excluding carboxylic acids is 2. The number of benzene rings is 2. The van der Waals surface area contributed by atoms with Crippen molar-refractivity contribution >= 4 is 29.4 Å². The molecule has 0 saturated heterocycles. The Morgan fingerprint density at radius 2 is 1.92 bits per heavy atom.